The van der Waals surface area contributed by atoms with E-state index < -0.39 is 15.7 Å². The van der Waals surface area contributed by atoms with Crippen LogP contribution in [0.15, 0.2) is 22.7 Å². The van der Waals surface area contributed by atoms with E-state index in [1.54, 1.807) is 6.07 Å². The number of anilines is 1. The number of rotatable bonds is 3. The van der Waals surface area contributed by atoms with Gasteiger partial charge in [0.05, 0.1) is 9.40 Å². The Bertz CT molecular complexity index is 485. The van der Waals surface area contributed by atoms with Gasteiger partial charge in [-0.15, -0.1) is 0 Å². The summed E-state index contributed by atoms with van der Waals surface area (Å²) in [4.78, 5) is 10.4. The highest BCUT2D eigenvalue weighted by molar-refractivity contribution is 9.10. The molecule has 0 atom stereocenters. The summed E-state index contributed by atoms with van der Waals surface area (Å²) in [6, 6.07) is 5.25. The fourth-order valence-electron chi connectivity index (χ4n) is 1.92. The van der Waals surface area contributed by atoms with Crippen molar-refractivity contribution >= 4 is 38.1 Å². The van der Waals surface area contributed by atoms with Crippen LogP contribution in [-0.4, -0.2) is 26.7 Å². The molecule has 1 aromatic rings. The zero-order chi connectivity index (χ0) is 13.1. The lowest BCUT2D eigenvalue weighted by Crippen LogP contribution is -2.29. The largest absolute Gasteiger partial charge is 0.382 e. The van der Waals surface area contributed by atoms with Gasteiger partial charge in [-0.25, -0.2) is 0 Å². The molecule has 0 saturated carbocycles. The van der Waals surface area contributed by atoms with Crippen LogP contribution in [0, 0.1) is 10.1 Å². The summed E-state index contributed by atoms with van der Waals surface area (Å²) in [5.74, 6) is 1.41. The Kier molecular flexibility index (Phi) is 4.34. The zero-order valence-corrected chi connectivity index (χ0v) is 12.0. The molecule has 0 radical (unpaired) electrons. The van der Waals surface area contributed by atoms with E-state index >= 15 is 0 Å². The first-order valence-electron chi connectivity index (χ1n) is 5.61. The molecule has 0 aliphatic carbocycles. The number of nitro groups is 1. The van der Waals surface area contributed by atoms with Crippen LogP contribution < -0.4 is 5.32 Å². The number of nitrogens with zero attached hydrogens (tertiary/aromatic N) is 1. The average molecular weight is 333 g/mol. The fraction of sp³-hybridized carbons (Fsp3) is 0.455. The quantitative estimate of drug-likeness (QED) is 0.682. The summed E-state index contributed by atoms with van der Waals surface area (Å²) in [6.45, 7) is 0. The van der Waals surface area contributed by atoms with Crippen molar-refractivity contribution in [1.29, 1.82) is 0 Å². The normalized spacial score (nSPS) is 23.6. The zero-order valence-electron chi connectivity index (χ0n) is 9.60. The minimum atomic E-state index is -0.690. The Morgan fingerprint density at radius 3 is 2.67 bits per heavy atom. The Balaban J connectivity index is 2.07. The van der Waals surface area contributed by atoms with Crippen molar-refractivity contribution in [2.75, 3.05) is 16.8 Å². The minimum absolute atomic E-state index is 0.0550. The number of nitro benzene ring substituents is 1. The molecule has 1 aromatic carbocycles. The fourth-order valence-corrected chi connectivity index (χ4v) is 3.61. The predicted molar refractivity (Wildman–Crippen MR) is 75.3 cm³/mol. The second-order valence-electron chi connectivity index (χ2n) is 4.19. The van der Waals surface area contributed by atoms with E-state index in [2.05, 4.69) is 21.2 Å². The highest BCUT2D eigenvalue weighted by Gasteiger charge is 2.19. The molecular formula is C11H13BrN2O3S. The van der Waals surface area contributed by atoms with E-state index in [1.807, 2.05) is 6.07 Å². The summed E-state index contributed by atoms with van der Waals surface area (Å²) in [6.07, 6.45) is 1.69. The molecule has 0 amide bonds. The monoisotopic (exact) mass is 332 g/mol. The molecule has 2 rings (SSSR count). The van der Waals surface area contributed by atoms with Gasteiger partial charge in [-0.1, -0.05) is 0 Å². The van der Waals surface area contributed by atoms with Crippen LogP contribution in [0.3, 0.4) is 0 Å². The highest BCUT2D eigenvalue weighted by atomic mass is 79.9. The van der Waals surface area contributed by atoms with Crippen LogP contribution in [0.1, 0.15) is 12.8 Å². The molecule has 1 saturated heterocycles. The molecule has 5 nitrogen and oxygen atoms in total. The molecule has 1 fully saturated rings. The van der Waals surface area contributed by atoms with Crippen molar-refractivity contribution in [3.8, 4) is 0 Å². The summed E-state index contributed by atoms with van der Waals surface area (Å²) in [5.41, 5.74) is 0.793. The molecule has 98 valence electrons. The molecule has 1 N–H and O–H groups in total. The number of nitrogens with one attached hydrogen (secondary N) is 1. The highest BCUT2D eigenvalue weighted by Crippen LogP contribution is 2.28. The maximum Gasteiger partial charge on any atom is 0.285 e. The molecule has 1 heterocycles. The lowest BCUT2D eigenvalue weighted by atomic mass is 10.1. The van der Waals surface area contributed by atoms with Crippen molar-refractivity contribution < 1.29 is 9.13 Å². The summed E-state index contributed by atoms with van der Waals surface area (Å²) in [5, 5.41) is 14.1. The van der Waals surface area contributed by atoms with Gasteiger partial charge in [-0.3, -0.25) is 14.3 Å². The van der Waals surface area contributed by atoms with Crippen LogP contribution >= 0.6 is 15.9 Å². The van der Waals surface area contributed by atoms with Gasteiger partial charge in [-0.05, 0) is 40.9 Å². The predicted octanol–water partition coefficient (Wildman–Crippen LogP) is 2.68. The molecule has 0 aromatic heterocycles. The summed E-state index contributed by atoms with van der Waals surface area (Å²) < 4.78 is 11.7. The Labute approximate surface area is 116 Å². The van der Waals surface area contributed by atoms with Crippen molar-refractivity contribution in [3.05, 3.63) is 32.8 Å². The molecule has 0 spiro atoms. The van der Waals surface area contributed by atoms with Crippen molar-refractivity contribution in [1.82, 2.24) is 0 Å². The Hall–Kier alpha value is -0.950. The second kappa shape index (κ2) is 5.79. The van der Waals surface area contributed by atoms with Gasteiger partial charge in [0.25, 0.3) is 5.69 Å². The van der Waals surface area contributed by atoms with Crippen LogP contribution in [0.4, 0.5) is 11.4 Å². The third-order valence-corrected chi connectivity index (χ3v) is 4.95. The van der Waals surface area contributed by atoms with Crippen molar-refractivity contribution in [2.24, 2.45) is 0 Å². The molecule has 1 aliphatic rings. The van der Waals surface area contributed by atoms with E-state index in [-0.39, 0.29) is 11.7 Å². The Morgan fingerprint density at radius 2 is 2.06 bits per heavy atom. The van der Waals surface area contributed by atoms with Gasteiger partial charge in [0, 0.05) is 40.1 Å². The van der Waals surface area contributed by atoms with E-state index in [4.69, 9.17) is 0 Å². The molecule has 1 aliphatic heterocycles. The minimum Gasteiger partial charge on any atom is -0.382 e. The lowest BCUT2D eigenvalue weighted by molar-refractivity contribution is -0.385. The standard InChI is InChI=1S/C11H13BrN2O3S/c12-10-2-1-9(7-11(10)14(15)16)13-8-3-5-18(17)6-4-8/h1-2,7-8,13H,3-6H2. The van der Waals surface area contributed by atoms with E-state index in [1.165, 1.54) is 6.07 Å². The third-order valence-electron chi connectivity index (χ3n) is 2.90. The number of halogens is 1. The number of hydrogen-bond acceptors (Lipinski definition) is 4. The van der Waals surface area contributed by atoms with Crippen LogP contribution in [0.2, 0.25) is 0 Å². The van der Waals surface area contributed by atoms with Gasteiger partial charge >= 0.3 is 0 Å². The summed E-state index contributed by atoms with van der Waals surface area (Å²) >= 11 is 3.15. The number of benzene rings is 1. The van der Waals surface area contributed by atoms with E-state index in [9.17, 15) is 14.3 Å². The van der Waals surface area contributed by atoms with Gasteiger partial charge in [0.1, 0.15) is 0 Å². The van der Waals surface area contributed by atoms with E-state index in [0.29, 0.717) is 16.0 Å². The number of hydrogen-bond donors (Lipinski definition) is 1. The first kappa shape index (κ1) is 13.5. The third kappa shape index (κ3) is 3.29. The maximum atomic E-state index is 11.2. The maximum absolute atomic E-state index is 11.2. The first-order valence-corrected chi connectivity index (χ1v) is 7.90. The second-order valence-corrected chi connectivity index (χ2v) is 6.74. The van der Waals surface area contributed by atoms with Crippen LogP contribution in [0.5, 0.6) is 0 Å². The van der Waals surface area contributed by atoms with Crippen LogP contribution in [-0.2, 0) is 10.8 Å². The SMILES string of the molecule is O=[N+]([O-])c1cc(NC2CCS(=O)CC2)ccc1Br. The molecule has 7 heteroatoms. The first-order chi connectivity index (χ1) is 8.56. The smallest absolute Gasteiger partial charge is 0.285 e. The topological polar surface area (TPSA) is 72.2 Å². The average Bonchev–Trinajstić information content (AvgIpc) is 2.34. The van der Waals surface area contributed by atoms with Gasteiger partial charge in [0.15, 0.2) is 0 Å². The van der Waals surface area contributed by atoms with Crippen LogP contribution in [0.25, 0.3) is 0 Å². The van der Waals surface area contributed by atoms with Gasteiger partial charge < -0.3 is 5.32 Å². The molecule has 0 bridgehead atoms. The molecular weight excluding hydrogens is 320 g/mol. The Morgan fingerprint density at radius 1 is 1.39 bits per heavy atom. The molecule has 18 heavy (non-hydrogen) atoms. The van der Waals surface area contributed by atoms with E-state index in [0.717, 1.165) is 18.5 Å². The lowest BCUT2D eigenvalue weighted by Gasteiger charge is -2.23. The molecule has 0 unspecified atom stereocenters. The van der Waals surface area contributed by atoms with Gasteiger partial charge in [0.2, 0.25) is 0 Å². The summed E-state index contributed by atoms with van der Waals surface area (Å²) in [7, 11) is -0.690. The van der Waals surface area contributed by atoms with Crippen molar-refractivity contribution in [3.63, 3.8) is 0 Å². The van der Waals surface area contributed by atoms with Gasteiger partial charge in [-0.2, -0.15) is 0 Å². The van der Waals surface area contributed by atoms with Crippen molar-refractivity contribution in [2.45, 2.75) is 18.9 Å².